The number of rotatable bonds is 4. The van der Waals surface area contributed by atoms with Crippen LogP contribution in [0.25, 0.3) is 0 Å². The van der Waals surface area contributed by atoms with E-state index in [9.17, 15) is 14.7 Å². The Kier molecular flexibility index (Phi) is 3.43. The van der Waals surface area contributed by atoms with Gasteiger partial charge in [-0.15, -0.1) is 0 Å². The van der Waals surface area contributed by atoms with Gasteiger partial charge in [-0.1, -0.05) is 30.3 Å². The molecule has 0 spiro atoms. The molecule has 7 nitrogen and oxygen atoms in total. The lowest BCUT2D eigenvalue weighted by atomic mass is 9.92. The molecular weight excluding hydrogens is 260 g/mol. The van der Waals surface area contributed by atoms with Crippen molar-refractivity contribution in [1.29, 1.82) is 0 Å². The number of hydrogen-bond acceptors (Lipinski definition) is 5. The predicted octanol–water partition coefficient (Wildman–Crippen LogP) is 0.764. The number of nitrogens with two attached hydrogens (primary N) is 1. The molecule has 1 heterocycles. The van der Waals surface area contributed by atoms with Crippen LogP contribution in [0.2, 0.25) is 0 Å². The van der Waals surface area contributed by atoms with Crippen molar-refractivity contribution in [2.75, 3.05) is 11.1 Å². The minimum Gasteiger partial charge on any atom is -0.479 e. The lowest BCUT2D eigenvalue weighted by Crippen LogP contribution is -2.41. The Balaban J connectivity index is 2.48. The van der Waals surface area contributed by atoms with Gasteiger partial charge in [0.2, 0.25) is 0 Å². The first-order chi connectivity index (χ1) is 9.45. The first kappa shape index (κ1) is 13.6. The molecule has 104 valence electrons. The SMILES string of the molecule is CC(Nc1nc[nH]c(=O)c1N)(C(=O)O)c1ccccc1. The van der Waals surface area contributed by atoms with Gasteiger partial charge in [0.15, 0.2) is 11.4 Å². The maximum atomic E-state index is 11.6. The average molecular weight is 274 g/mol. The third-order valence-electron chi connectivity index (χ3n) is 3.04. The molecular formula is C13H14N4O3. The van der Waals surface area contributed by atoms with Gasteiger partial charge in [-0.3, -0.25) is 4.79 Å². The number of nitrogen functional groups attached to an aromatic ring is 1. The quantitative estimate of drug-likeness (QED) is 0.653. The summed E-state index contributed by atoms with van der Waals surface area (Å²) in [5.41, 5.74) is 4.00. The molecule has 20 heavy (non-hydrogen) atoms. The highest BCUT2D eigenvalue weighted by atomic mass is 16.4. The molecule has 0 amide bonds. The van der Waals surface area contributed by atoms with E-state index < -0.39 is 17.1 Å². The van der Waals surface area contributed by atoms with Crippen molar-refractivity contribution >= 4 is 17.5 Å². The number of carboxylic acids is 1. The highest BCUT2D eigenvalue weighted by Crippen LogP contribution is 2.26. The van der Waals surface area contributed by atoms with Crippen molar-refractivity contribution < 1.29 is 9.90 Å². The normalized spacial score (nSPS) is 13.4. The van der Waals surface area contributed by atoms with Gasteiger partial charge in [-0.2, -0.15) is 0 Å². The molecule has 2 rings (SSSR count). The van der Waals surface area contributed by atoms with Crippen LogP contribution < -0.4 is 16.6 Å². The smallest absolute Gasteiger partial charge is 0.333 e. The molecule has 0 fully saturated rings. The van der Waals surface area contributed by atoms with Crippen molar-refractivity contribution in [2.24, 2.45) is 0 Å². The molecule has 2 aromatic rings. The second kappa shape index (κ2) is 5.04. The fourth-order valence-corrected chi connectivity index (χ4v) is 1.77. The minimum absolute atomic E-state index is 0.0301. The summed E-state index contributed by atoms with van der Waals surface area (Å²) >= 11 is 0. The molecule has 1 aromatic carbocycles. The largest absolute Gasteiger partial charge is 0.479 e. The average Bonchev–Trinajstić information content (AvgIpc) is 2.44. The molecule has 1 aromatic heterocycles. The molecule has 0 aliphatic rings. The topological polar surface area (TPSA) is 121 Å². The Hall–Kier alpha value is -2.83. The van der Waals surface area contributed by atoms with Gasteiger partial charge < -0.3 is 21.1 Å². The fourth-order valence-electron chi connectivity index (χ4n) is 1.77. The van der Waals surface area contributed by atoms with Gasteiger partial charge in [0, 0.05) is 0 Å². The Morgan fingerprint density at radius 3 is 2.65 bits per heavy atom. The van der Waals surface area contributed by atoms with Crippen molar-refractivity contribution in [3.8, 4) is 0 Å². The first-order valence-corrected chi connectivity index (χ1v) is 5.85. The molecule has 0 saturated heterocycles. The molecule has 1 atom stereocenters. The number of aromatic amines is 1. The monoisotopic (exact) mass is 274 g/mol. The van der Waals surface area contributed by atoms with Crippen LogP contribution in [0, 0.1) is 0 Å². The van der Waals surface area contributed by atoms with E-state index in [2.05, 4.69) is 15.3 Å². The minimum atomic E-state index is -1.45. The van der Waals surface area contributed by atoms with E-state index >= 15 is 0 Å². The number of carbonyl (C=O) groups is 1. The van der Waals surface area contributed by atoms with Crippen molar-refractivity contribution in [1.82, 2.24) is 9.97 Å². The molecule has 0 aliphatic heterocycles. The Bertz CT molecular complexity index is 684. The summed E-state index contributed by atoms with van der Waals surface area (Å²) in [6, 6.07) is 8.58. The highest BCUT2D eigenvalue weighted by molar-refractivity contribution is 5.84. The van der Waals surface area contributed by atoms with Crippen LogP contribution in [0.5, 0.6) is 0 Å². The Morgan fingerprint density at radius 1 is 1.40 bits per heavy atom. The summed E-state index contributed by atoms with van der Waals surface area (Å²) in [5, 5.41) is 12.2. The van der Waals surface area contributed by atoms with Crippen LogP contribution in [0.15, 0.2) is 41.5 Å². The number of aliphatic carboxylic acids is 1. The number of nitrogens with one attached hydrogen (secondary N) is 2. The van der Waals surface area contributed by atoms with Crippen LogP contribution in [-0.2, 0) is 10.3 Å². The number of nitrogens with zero attached hydrogens (tertiary/aromatic N) is 1. The van der Waals surface area contributed by atoms with Crippen LogP contribution in [0.3, 0.4) is 0 Å². The summed E-state index contributed by atoms with van der Waals surface area (Å²) in [6.07, 6.45) is 1.16. The molecule has 7 heteroatoms. The van der Waals surface area contributed by atoms with Crippen LogP contribution in [0.4, 0.5) is 11.5 Å². The van der Waals surface area contributed by atoms with Crippen LogP contribution in [-0.4, -0.2) is 21.0 Å². The summed E-state index contributed by atoms with van der Waals surface area (Å²) in [7, 11) is 0. The molecule has 1 unspecified atom stereocenters. The molecule has 0 bridgehead atoms. The zero-order valence-corrected chi connectivity index (χ0v) is 10.8. The van der Waals surface area contributed by atoms with E-state index in [0.717, 1.165) is 6.33 Å². The molecule has 0 saturated carbocycles. The number of carboxylic acid groups (broad SMARTS) is 1. The van der Waals surface area contributed by atoms with Crippen molar-refractivity contribution in [3.05, 3.63) is 52.6 Å². The number of H-pyrrole nitrogens is 1. The maximum Gasteiger partial charge on any atom is 0.333 e. The lowest BCUT2D eigenvalue weighted by molar-refractivity contribution is -0.142. The third kappa shape index (κ3) is 2.33. The van der Waals surface area contributed by atoms with E-state index in [1.54, 1.807) is 30.3 Å². The Morgan fingerprint density at radius 2 is 2.05 bits per heavy atom. The molecule has 0 radical (unpaired) electrons. The second-order valence-electron chi connectivity index (χ2n) is 4.42. The first-order valence-electron chi connectivity index (χ1n) is 5.85. The predicted molar refractivity (Wildman–Crippen MR) is 74.3 cm³/mol. The van der Waals surface area contributed by atoms with Crippen LogP contribution >= 0.6 is 0 Å². The van der Waals surface area contributed by atoms with Crippen molar-refractivity contribution in [2.45, 2.75) is 12.5 Å². The van der Waals surface area contributed by atoms with Crippen LogP contribution in [0.1, 0.15) is 12.5 Å². The standard InChI is InChI=1S/C13H14N4O3/c1-13(12(19)20,8-5-3-2-4-6-8)17-10-9(14)11(18)16-7-15-10/h2-7H,14H2,1H3,(H,19,20)(H2,15,16,17,18). The van der Waals surface area contributed by atoms with Gasteiger partial charge in [-0.05, 0) is 12.5 Å². The summed E-state index contributed by atoms with van der Waals surface area (Å²) in [6.45, 7) is 1.48. The van der Waals surface area contributed by atoms with Gasteiger partial charge >= 0.3 is 5.97 Å². The zero-order chi connectivity index (χ0) is 14.8. The maximum absolute atomic E-state index is 11.6. The molecule has 5 N–H and O–H groups in total. The highest BCUT2D eigenvalue weighted by Gasteiger charge is 2.36. The third-order valence-corrected chi connectivity index (χ3v) is 3.04. The van der Waals surface area contributed by atoms with Gasteiger partial charge in [-0.25, -0.2) is 9.78 Å². The lowest BCUT2D eigenvalue weighted by Gasteiger charge is -2.27. The number of aromatic nitrogens is 2. The van der Waals surface area contributed by atoms with E-state index in [1.807, 2.05) is 0 Å². The number of benzene rings is 1. The van der Waals surface area contributed by atoms with E-state index in [-0.39, 0.29) is 11.5 Å². The Labute approximate surface area is 114 Å². The fraction of sp³-hybridized carbons (Fsp3) is 0.154. The number of hydrogen-bond donors (Lipinski definition) is 4. The van der Waals surface area contributed by atoms with Gasteiger partial charge in [0.1, 0.15) is 5.69 Å². The second-order valence-corrected chi connectivity index (χ2v) is 4.42. The van der Waals surface area contributed by atoms with E-state index in [1.165, 1.54) is 6.92 Å². The summed E-state index contributed by atoms with van der Waals surface area (Å²) in [4.78, 5) is 29.2. The zero-order valence-electron chi connectivity index (χ0n) is 10.8. The van der Waals surface area contributed by atoms with Crippen molar-refractivity contribution in [3.63, 3.8) is 0 Å². The summed E-state index contributed by atoms with van der Waals surface area (Å²) < 4.78 is 0. The van der Waals surface area contributed by atoms with E-state index in [4.69, 9.17) is 5.73 Å². The van der Waals surface area contributed by atoms with Gasteiger partial charge in [0.25, 0.3) is 5.56 Å². The summed E-state index contributed by atoms with van der Waals surface area (Å²) in [5.74, 6) is -1.08. The number of anilines is 2. The van der Waals surface area contributed by atoms with Gasteiger partial charge in [0.05, 0.1) is 6.33 Å². The molecule has 0 aliphatic carbocycles. The van der Waals surface area contributed by atoms with E-state index in [0.29, 0.717) is 5.56 Å².